The third kappa shape index (κ3) is 6.23. The summed E-state index contributed by atoms with van der Waals surface area (Å²) in [6, 6.07) is 11.2. The van der Waals surface area contributed by atoms with Crippen molar-refractivity contribution in [2.45, 2.75) is 5.75 Å². The summed E-state index contributed by atoms with van der Waals surface area (Å²) in [5, 5.41) is 2.86. The zero-order valence-corrected chi connectivity index (χ0v) is 16.3. The average Bonchev–Trinajstić information content (AvgIpc) is 2.71. The lowest BCUT2D eigenvalue weighted by atomic mass is 10.1. The Morgan fingerprint density at radius 1 is 1.22 bits per heavy atom. The number of benzene rings is 1. The van der Waals surface area contributed by atoms with Crippen molar-refractivity contribution in [1.29, 1.82) is 0 Å². The second kappa shape index (κ2) is 10.3. The molecule has 0 saturated carbocycles. The molecule has 1 aromatic heterocycles. The third-order valence-corrected chi connectivity index (χ3v) is 4.90. The molecule has 2 heterocycles. The molecule has 0 radical (unpaired) electrons. The molecule has 7 heteroatoms. The van der Waals surface area contributed by atoms with E-state index in [1.165, 1.54) is 5.56 Å². The molecule has 0 unspecified atom stereocenters. The van der Waals surface area contributed by atoms with Crippen molar-refractivity contribution < 1.29 is 14.3 Å². The Labute approximate surface area is 164 Å². The summed E-state index contributed by atoms with van der Waals surface area (Å²) < 4.78 is 11.0. The maximum atomic E-state index is 12.3. The Balaban J connectivity index is 1.45. The van der Waals surface area contributed by atoms with Gasteiger partial charge in [0.2, 0.25) is 5.88 Å². The van der Waals surface area contributed by atoms with Gasteiger partial charge in [-0.1, -0.05) is 12.1 Å². The van der Waals surface area contributed by atoms with Crippen LogP contribution in [-0.4, -0.2) is 61.5 Å². The normalized spacial score (nSPS) is 14.7. The maximum absolute atomic E-state index is 12.3. The zero-order chi connectivity index (χ0) is 18.9. The van der Waals surface area contributed by atoms with Crippen molar-refractivity contribution in [3.8, 4) is 5.88 Å². The first-order valence-corrected chi connectivity index (χ1v) is 10.4. The number of amides is 1. The fourth-order valence-electron chi connectivity index (χ4n) is 2.77. The van der Waals surface area contributed by atoms with Crippen molar-refractivity contribution >= 4 is 23.4 Å². The van der Waals surface area contributed by atoms with E-state index >= 15 is 0 Å². The Bertz CT molecular complexity index is 716. The van der Waals surface area contributed by atoms with Crippen LogP contribution in [-0.2, 0) is 10.5 Å². The van der Waals surface area contributed by atoms with E-state index in [0.29, 0.717) is 23.7 Å². The molecule has 0 aliphatic carbocycles. The molecule has 1 aliphatic rings. The van der Waals surface area contributed by atoms with Gasteiger partial charge in [-0.05, 0) is 30.0 Å². The van der Waals surface area contributed by atoms with E-state index in [0.717, 1.165) is 38.6 Å². The molecule has 1 aliphatic heterocycles. The average molecular weight is 388 g/mol. The Morgan fingerprint density at radius 3 is 2.67 bits per heavy atom. The van der Waals surface area contributed by atoms with Gasteiger partial charge in [-0.2, -0.15) is 11.8 Å². The lowest BCUT2D eigenvalue weighted by Gasteiger charge is -2.26. The Kier molecular flexibility index (Phi) is 7.50. The summed E-state index contributed by atoms with van der Waals surface area (Å²) in [5.41, 5.74) is 2.48. The summed E-state index contributed by atoms with van der Waals surface area (Å²) in [6.07, 6.45) is 3.67. The van der Waals surface area contributed by atoms with E-state index in [-0.39, 0.29) is 5.91 Å². The minimum absolute atomic E-state index is 0.145. The minimum atomic E-state index is -0.145. The molecule has 6 nitrogen and oxygen atoms in total. The number of hydrogen-bond donors (Lipinski definition) is 1. The molecule has 3 rings (SSSR count). The van der Waals surface area contributed by atoms with Gasteiger partial charge in [0.25, 0.3) is 5.91 Å². The van der Waals surface area contributed by atoms with Crippen LogP contribution >= 0.6 is 11.8 Å². The van der Waals surface area contributed by atoms with Crippen molar-refractivity contribution in [3.63, 3.8) is 0 Å². The highest BCUT2D eigenvalue weighted by Gasteiger charge is 2.10. The van der Waals surface area contributed by atoms with Crippen molar-refractivity contribution in [2.75, 3.05) is 51.0 Å². The molecular weight excluding hydrogens is 362 g/mol. The van der Waals surface area contributed by atoms with Crippen LogP contribution in [0.15, 0.2) is 42.6 Å². The predicted molar refractivity (Wildman–Crippen MR) is 109 cm³/mol. The van der Waals surface area contributed by atoms with Crippen LogP contribution in [0.25, 0.3) is 0 Å². The minimum Gasteiger partial charge on any atom is -0.476 e. The van der Waals surface area contributed by atoms with Crippen molar-refractivity contribution in [1.82, 2.24) is 9.88 Å². The van der Waals surface area contributed by atoms with Gasteiger partial charge in [0.05, 0.1) is 25.1 Å². The van der Waals surface area contributed by atoms with E-state index in [1.807, 2.05) is 24.3 Å². The zero-order valence-electron chi connectivity index (χ0n) is 15.5. The summed E-state index contributed by atoms with van der Waals surface area (Å²) in [4.78, 5) is 18.9. The van der Waals surface area contributed by atoms with Gasteiger partial charge < -0.3 is 14.8 Å². The predicted octanol–water partition coefficient (Wildman–Crippen LogP) is 2.91. The van der Waals surface area contributed by atoms with Gasteiger partial charge in [-0.15, -0.1) is 0 Å². The van der Waals surface area contributed by atoms with Gasteiger partial charge in [0.1, 0.15) is 6.61 Å². The first-order valence-electron chi connectivity index (χ1n) is 9.03. The fraction of sp³-hybridized carbons (Fsp3) is 0.400. The Morgan fingerprint density at radius 2 is 2.00 bits per heavy atom. The first-order chi connectivity index (χ1) is 13.2. The highest BCUT2D eigenvalue weighted by atomic mass is 32.2. The van der Waals surface area contributed by atoms with E-state index in [1.54, 1.807) is 30.1 Å². The molecule has 1 amide bonds. The van der Waals surface area contributed by atoms with Gasteiger partial charge >= 0.3 is 0 Å². The second-order valence-electron chi connectivity index (χ2n) is 6.27. The standard InChI is InChI=1S/C20H25N3O3S/c1-27-15-16-2-4-17(5-3-16)20(24)22-18-6-7-19(21-14-18)26-13-10-23-8-11-25-12-9-23/h2-7,14H,8-13,15H2,1H3,(H,22,24). The molecule has 0 atom stereocenters. The lowest BCUT2D eigenvalue weighted by Crippen LogP contribution is -2.38. The maximum Gasteiger partial charge on any atom is 0.255 e. The van der Waals surface area contributed by atoms with Crippen LogP contribution in [0.4, 0.5) is 5.69 Å². The molecule has 144 valence electrons. The van der Waals surface area contributed by atoms with E-state index < -0.39 is 0 Å². The van der Waals surface area contributed by atoms with Crippen LogP contribution in [0.5, 0.6) is 5.88 Å². The smallest absolute Gasteiger partial charge is 0.255 e. The number of anilines is 1. The summed E-state index contributed by atoms with van der Waals surface area (Å²) in [7, 11) is 0. The summed E-state index contributed by atoms with van der Waals surface area (Å²) in [6.45, 7) is 4.90. The molecule has 2 aromatic rings. The van der Waals surface area contributed by atoms with Crippen LogP contribution < -0.4 is 10.1 Å². The SMILES string of the molecule is CSCc1ccc(C(=O)Nc2ccc(OCCN3CCOCC3)nc2)cc1. The van der Waals surface area contributed by atoms with Gasteiger partial charge in [-0.25, -0.2) is 4.98 Å². The highest BCUT2D eigenvalue weighted by molar-refractivity contribution is 7.97. The largest absolute Gasteiger partial charge is 0.476 e. The fourth-order valence-corrected chi connectivity index (χ4v) is 3.29. The molecular formula is C20H25N3O3S. The number of aromatic nitrogens is 1. The number of nitrogens with one attached hydrogen (secondary N) is 1. The number of ether oxygens (including phenoxy) is 2. The molecule has 27 heavy (non-hydrogen) atoms. The number of carbonyl (C=O) groups is 1. The summed E-state index contributed by atoms with van der Waals surface area (Å²) >= 11 is 1.76. The molecule has 1 fully saturated rings. The lowest BCUT2D eigenvalue weighted by molar-refractivity contribution is 0.0320. The number of hydrogen-bond acceptors (Lipinski definition) is 6. The number of morpholine rings is 1. The summed E-state index contributed by atoms with van der Waals surface area (Å²) in [5.74, 6) is 1.36. The number of pyridine rings is 1. The first kappa shape index (κ1) is 19.7. The van der Waals surface area contributed by atoms with E-state index in [9.17, 15) is 4.79 Å². The van der Waals surface area contributed by atoms with Crippen LogP contribution in [0.3, 0.4) is 0 Å². The molecule has 1 N–H and O–H groups in total. The van der Waals surface area contributed by atoms with Crippen LogP contribution in [0, 0.1) is 0 Å². The second-order valence-corrected chi connectivity index (χ2v) is 7.14. The van der Waals surface area contributed by atoms with Gasteiger partial charge in [0.15, 0.2) is 0 Å². The third-order valence-electron chi connectivity index (χ3n) is 4.28. The number of carbonyl (C=O) groups excluding carboxylic acids is 1. The monoisotopic (exact) mass is 387 g/mol. The van der Waals surface area contributed by atoms with E-state index in [4.69, 9.17) is 9.47 Å². The molecule has 1 aromatic carbocycles. The van der Waals surface area contributed by atoms with Crippen molar-refractivity contribution in [2.24, 2.45) is 0 Å². The van der Waals surface area contributed by atoms with E-state index in [2.05, 4.69) is 21.5 Å². The Hall–Kier alpha value is -2.09. The molecule has 0 bridgehead atoms. The molecule has 0 spiro atoms. The highest BCUT2D eigenvalue weighted by Crippen LogP contribution is 2.15. The van der Waals surface area contributed by atoms with Gasteiger partial charge in [0, 0.05) is 37.0 Å². The van der Waals surface area contributed by atoms with Crippen LogP contribution in [0.1, 0.15) is 15.9 Å². The van der Waals surface area contributed by atoms with Crippen LogP contribution in [0.2, 0.25) is 0 Å². The molecule has 1 saturated heterocycles. The van der Waals surface area contributed by atoms with Crippen molar-refractivity contribution in [3.05, 3.63) is 53.7 Å². The number of thioether (sulfide) groups is 1. The quantitative estimate of drug-likeness (QED) is 0.751. The van der Waals surface area contributed by atoms with Gasteiger partial charge in [-0.3, -0.25) is 9.69 Å². The topological polar surface area (TPSA) is 63.7 Å². The number of nitrogens with zero attached hydrogens (tertiary/aromatic N) is 2. The number of rotatable bonds is 8.